The fourth-order valence-corrected chi connectivity index (χ4v) is 2.43. The summed E-state index contributed by atoms with van der Waals surface area (Å²) in [5.74, 6) is 0.121. The molecule has 1 heterocycles. The molecule has 1 aliphatic carbocycles. The summed E-state index contributed by atoms with van der Waals surface area (Å²) >= 11 is 0. The number of rotatable bonds is 1. The van der Waals surface area contributed by atoms with Gasteiger partial charge >= 0.3 is 0 Å². The average molecular weight is 212 g/mol. The minimum atomic E-state index is -0.559. The number of hydrogen-bond donors (Lipinski definition) is 1. The minimum Gasteiger partial charge on any atom is -0.372 e. The lowest BCUT2D eigenvalue weighted by atomic mass is 9.76. The summed E-state index contributed by atoms with van der Waals surface area (Å²) in [5.41, 5.74) is 5.48. The second-order valence-corrected chi connectivity index (χ2v) is 4.98. The van der Waals surface area contributed by atoms with E-state index in [4.69, 9.17) is 10.5 Å². The molecule has 0 unspecified atom stereocenters. The van der Waals surface area contributed by atoms with Crippen molar-refractivity contribution in [1.82, 2.24) is 4.90 Å². The van der Waals surface area contributed by atoms with Crippen molar-refractivity contribution in [3.63, 3.8) is 0 Å². The van der Waals surface area contributed by atoms with Gasteiger partial charge in [0.05, 0.1) is 17.7 Å². The Morgan fingerprint density at radius 1 is 1.33 bits per heavy atom. The third-order valence-electron chi connectivity index (χ3n) is 3.38. The Bertz CT molecular complexity index is 253. The third-order valence-corrected chi connectivity index (χ3v) is 3.38. The molecular formula is C11H20N2O2. The maximum absolute atomic E-state index is 12.1. The number of carbonyl (C=O) groups excluding carboxylic acids is 1. The summed E-state index contributed by atoms with van der Waals surface area (Å²) in [4.78, 5) is 14.0. The van der Waals surface area contributed by atoms with E-state index in [-0.39, 0.29) is 18.1 Å². The van der Waals surface area contributed by atoms with Gasteiger partial charge in [0.2, 0.25) is 5.91 Å². The Morgan fingerprint density at radius 3 is 2.27 bits per heavy atom. The van der Waals surface area contributed by atoms with Crippen LogP contribution in [0.2, 0.25) is 0 Å². The fourth-order valence-electron chi connectivity index (χ4n) is 2.43. The number of ether oxygens (including phenoxy) is 1. The Kier molecular flexibility index (Phi) is 2.73. The van der Waals surface area contributed by atoms with Gasteiger partial charge in [0.15, 0.2) is 0 Å². The molecule has 1 aliphatic heterocycles. The van der Waals surface area contributed by atoms with E-state index in [1.54, 1.807) is 0 Å². The van der Waals surface area contributed by atoms with Crippen molar-refractivity contribution in [3.05, 3.63) is 0 Å². The Morgan fingerprint density at radius 2 is 1.87 bits per heavy atom. The van der Waals surface area contributed by atoms with E-state index in [0.717, 1.165) is 19.3 Å². The minimum absolute atomic E-state index is 0.121. The number of nitrogens with zero attached hydrogens (tertiary/aromatic N) is 1. The molecule has 2 N–H and O–H groups in total. The molecule has 15 heavy (non-hydrogen) atoms. The van der Waals surface area contributed by atoms with Crippen LogP contribution in [0.25, 0.3) is 0 Å². The van der Waals surface area contributed by atoms with Crippen LogP contribution in [0.4, 0.5) is 0 Å². The van der Waals surface area contributed by atoms with Crippen LogP contribution in [-0.2, 0) is 9.53 Å². The van der Waals surface area contributed by atoms with Crippen molar-refractivity contribution in [3.8, 4) is 0 Å². The molecule has 2 atom stereocenters. The standard InChI is InChI=1S/C11H20N2O2/c1-8-6-13(7-9(2)15-8)10(14)11(12)4-3-5-11/h8-9H,3-7,12H2,1-2H3/t8-,9+. The van der Waals surface area contributed by atoms with E-state index in [2.05, 4.69) is 0 Å². The molecule has 0 aromatic carbocycles. The molecule has 0 spiro atoms. The lowest BCUT2D eigenvalue weighted by molar-refractivity contribution is -0.151. The lowest BCUT2D eigenvalue weighted by Gasteiger charge is -2.44. The van der Waals surface area contributed by atoms with Gasteiger partial charge in [0.1, 0.15) is 0 Å². The van der Waals surface area contributed by atoms with E-state index in [9.17, 15) is 4.79 Å². The molecule has 2 rings (SSSR count). The van der Waals surface area contributed by atoms with Gasteiger partial charge in [-0.15, -0.1) is 0 Å². The van der Waals surface area contributed by atoms with Crippen molar-refractivity contribution in [1.29, 1.82) is 0 Å². The van der Waals surface area contributed by atoms with Gasteiger partial charge in [0.25, 0.3) is 0 Å². The normalized spacial score (nSPS) is 34.7. The first-order valence-corrected chi connectivity index (χ1v) is 5.75. The number of morpholine rings is 1. The first kappa shape index (κ1) is 10.9. The maximum Gasteiger partial charge on any atom is 0.242 e. The van der Waals surface area contributed by atoms with E-state index >= 15 is 0 Å². The first-order valence-electron chi connectivity index (χ1n) is 5.75. The van der Waals surface area contributed by atoms with Crippen LogP contribution in [-0.4, -0.2) is 41.6 Å². The molecule has 0 aromatic heterocycles. The molecule has 4 heteroatoms. The van der Waals surface area contributed by atoms with Gasteiger partial charge in [-0.3, -0.25) is 4.79 Å². The summed E-state index contributed by atoms with van der Waals surface area (Å²) in [6.07, 6.45) is 3.01. The predicted octanol–water partition coefficient (Wildman–Crippen LogP) is 0.504. The zero-order valence-electron chi connectivity index (χ0n) is 9.53. The summed E-state index contributed by atoms with van der Waals surface area (Å²) in [6.45, 7) is 5.37. The largest absolute Gasteiger partial charge is 0.372 e. The molecule has 0 aromatic rings. The highest BCUT2D eigenvalue weighted by Crippen LogP contribution is 2.31. The molecule has 1 saturated carbocycles. The molecule has 2 fully saturated rings. The molecule has 1 saturated heterocycles. The van der Waals surface area contributed by atoms with Crippen molar-refractivity contribution in [2.45, 2.75) is 50.9 Å². The number of nitrogens with two attached hydrogens (primary N) is 1. The van der Waals surface area contributed by atoms with E-state index in [0.29, 0.717) is 13.1 Å². The second kappa shape index (κ2) is 3.76. The fraction of sp³-hybridized carbons (Fsp3) is 0.909. The van der Waals surface area contributed by atoms with Crippen molar-refractivity contribution in [2.24, 2.45) is 5.73 Å². The third kappa shape index (κ3) is 2.01. The van der Waals surface area contributed by atoms with Crippen LogP contribution < -0.4 is 5.73 Å². The van der Waals surface area contributed by atoms with Crippen LogP contribution in [0.1, 0.15) is 33.1 Å². The van der Waals surface area contributed by atoms with Crippen LogP contribution in [0.5, 0.6) is 0 Å². The topological polar surface area (TPSA) is 55.6 Å². The van der Waals surface area contributed by atoms with Gasteiger partial charge < -0.3 is 15.4 Å². The predicted molar refractivity (Wildman–Crippen MR) is 57.4 cm³/mol. The van der Waals surface area contributed by atoms with Gasteiger partial charge in [-0.05, 0) is 33.1 Å². The van der Waals surface area contributed by atoms with Gasteiger partial charge in [0, 0.05) is 13.1 Å². The monoisotopic (exact) mass is 212 g/mol. The highest BCUT2D eigenvalue weighted by atomic mass is 16.5. The quantitative estimate of drug-likeness (QED) is 0.688. The Hall–Kier alpha value is -0.610. The Balaban J connectivity index is 2.00. The van der Waals surface area contributed by atoms with Crippen LogP contribution in [0.3, 0.4) is 0 Å². The maximum atomic E-state index is 12.1. The molecule has 4 nitrogen and oxygen atoms in total. The molecule has 0 radical (unpaired) electrons. The highest BCUT2D eigenvalue weighted by molar-refractivity contribution is 5.87. The zero-order chi connectivity index (χ0) is 11.1. The molecule has 1 amide bonds. The SMILES string of the molecule is C[C@@H]1CN(C(=O)C2(N)CCC2)C[C@H](C)O1. The number of amides is 1. The van der Waals surface area contributed by atoms with Crippen LogP contribution in [0, 0.1) is 0 Å². The zero-order valence-corrected chi connectivity index (χ0v) is 9.53. The van der Waals surface area contributed by atoms with Gasteiger partial charge in [-0.25, -0.2) is 0 Å². The number of hydrogen-bond acceptors (Lipinski definition) is 3. The molecule has 2 aliphatic rings. The van der Waals surface area contributed by atoms with Gasteiger partial charge in [-0.1, -0.05) is 0 Å². The van der Waals surface area contributed by atoms with Crippen molar-refractivity contribution < 1.29 is 9.53 Å². The average Bonchev–Trinajstić information content (AvgIpc) is 2.11. The van der Waals surface area contributed by atoms with Gasteiger partial charge in [-0.2, -0.15) is 0 Å². The van der Waals surface area contributed by atoms with E-state index in [1.807, 2.05) is 18.7 Å². The molecule has 0 bridgehead atoms. The van der Waals surface area contributed by atoms with Crippen LogP contribution >= 0.6 is 0 Å². The summed E-state index contributed by atoms with van der Waals surface area (Å²) in [6, 6.07) is 0. The summed E-state index contributed by atoms with van der Waals surface area (Å²) in [5, 5.41) is 0. The number of carbonyl (C=O) groups is 1. The van der Waals surface area contributed by atoms with Crippen molar-refractivity contribution >= 4 is 5.91 Å². The molecular weight excluding hydrogens is 192 g/mol. The highest BCUT2D eigenvalue weighted by Gasteiger charge is 2.44. The Labute approximate surface area is 90.8 Å². The van der Waals surface area contributed by atoms with E-state index in [1.165, 1.54) is 0 Å². The first-order chi connectivity index (χ1) is 7.01. The van der Waals surface area contributed by atoms with E-state index < -0.39 is 5.54 Å². The van der Waals surface area contributed by atoms with Crippen molar-refractivity contribution in [2.75, 3.05) is 13.1 Å². The van der Waals surface area contributed by atoms with Crippen LogP contribution in [0.15, 0.2) is 0 Å². The lowest BCUT2D eigenvalue weighted by Crippen LogP contribution is -2.62. The summed E-state index contributed by atoms with van der Waals surface area (Å²) < 4.78 is 5.60. The second-order valence-electron chi connectivity index (χ2n) is 4.98. The smallest absolute Gasteiger partial charge is 0.242 e. The summed E-state index contributed by atoms with van der Waals surface area (Å²) in [7, 11) is 0. The molecule has 86 valence electrons.